The Labute approximate surface area is 164 Å². The van der Waals surface area contributed by atoms with Gasteiger partial charge in [0.2, 0.25) is 5.91 Å². The summed E-state index contributed by atoms with van der Waals surface area (Å²) in [4.78, 5) is 15.9. The largest absolute Gasteiger partial charge is 0.382 e. The number of ether oxygens (including phenoxy) is 1. The molecule has 1 fully saturated rings. The van der Waals surface area contributed by atoms with Crippen LogP contribution in [-0.2, 0) is 9.53 Å². The summed E-state index contributed by atoms with van der Waals surface area (Å²) >= 11 is 0. The fraction of sp³-hybridized carbons (Fsp3) is 0.882. The lowest BCUT2D eigenvalue weighted by molar-refractivity contribution is -0.120. The molecular weight excluding hydrogens is 419 g/mol. The summed E-state index contributed by atoms with van der Waals surface area (Å²) in [6.45, 7) is 7.53. The first-order valence-electron chi connectivity index (χ1n) is 8.94. The van der Waals surface area contributed by atoms with E-state index < -0.39 is 0 Å². The minimum absolute atomic E-state index is 0. The summed E-state index contributed by atoms with van der Waals surface area (Å²) in [6.07, 6.45) is 7.09. The van der Waals surface area contributed by atoms with Crippen LogP contribution < -0.4 is 16.0 Å². The second kappa shape index (κ2) is 13.7. The van der Waals surface area contributed by atoms with Gasteiger partial charge in [0, 0.05) is 33.4 Å². The number of aliphatic imine (C=N–C) groups is 1. The summed E-state index contributed by atoms with van der Waals surface area (Å²) in [5.41, 5.74) is 0.303. The number of nitrogens with one attached hydrogen (secondary N) is 3. The molecule has 0 aromatic carbocycles. The minimum atomic E-state index is 0. The van der Waals surface area contributed by atoms with Crippen molar-refractivity contribution < 1.29 is 9.53 Å². The Morgan fingerprint density at radius 3 is 2.46 bits per heavy atom. The second-order valence-electron chi connectivity index (χ2n) is 6.28. The molecule has 1 amide bonds. The predicted molar refractivity (Wildman–Crippen MR) is 110 cm³/mol. The first-order chi connectivity index (χ1) is 11.2. The zero-order valence-electron chi connectivity index (χ0n) is 15.5. The number of rotatable bonds is 10. The van der Waals surface area contributed by atoms with Gasteiger partial charge in [0.25, 0.3) is 0 Å². The molecule has 1 aliphatic rings. The molecule has 1 aliphatic carbocycles. The summed E-state index contributed by atoms with van der Waals surface area (Å²) in [7, 11) is 1.74. The Kier molecular flexibility index (Phi) is 13.4. The lowest BCUT2D eigenvalue weighted by Gasteiger charge is -2.30. The highest BCUT2D eigenvalue weighted by Crippen LogP contribution is 2.40. The monoisotopic (exact) mass is 454 g/mol. The Morgan fingerprint density at radius 2 is 1.88 bits per heavy atom. The number of hydrogen-bond donors (Lipinski definition) is 3. The Hall–Kier alpha value is -0.570. The minimum Gasteiger partial charge on any atom is -0.382 e. The topological polar surface area (TPSA) is 74.8 Å². The maximum atomic E-state index is 11.6. The van der Waals surface area contributed by atoms with E-state index in [1.54, 1.807) is 7.05 Å². The smallest absolute Gasteiger partial charge is 0.239 e. The van der Waals surface area contributed by atoms with Crippen molar-refractivity contribution in [2.45, 2.75) is 52.4 Å². The third-order valence-corrected chi connectivity index (χ3v) is 4.49. The van der Waals surface area contributed by atoms with Crippen LogP contribution in [0.5, 0.6) is 0 Å². The number of carbonyl (C=O) groups is 1. The van der Waals surface area contributed by atoms with E-state index in [0.717, 1.165) is 32.6 Å². The molecule has 7 heteroatoms. The van der Waals surface area contributed by atoms with Gasteiger partial charge >= 0.3 is 0 Å². The van der Waals surface area contributed by atoms with Gasteiger partial charge in [0.1, 0.15) is 0 Å². The van der Waals surface area contributed by atoms with Crippen LogP contribution in [0.25, 0.3) is 0 Å². The lowest BCUT2D eigenvalue weighted by Crippen LogP contribution is -2.46. The van der Waals surface area contributed by atoms with Crippen LogP contribution in [0.1, 0.15) is 52.4 Å². The molecule has 1 saturated carbocycles. The van der Waals surface area contributed by atoms with E-state index in [0.29, 0.717) is 17.9 Å². The first kappa shape index (κ1) is 23.4. The fourth-order valence-corrected chi connectivity index (χ4v) is 3.06. The lowest BCUT2D eigenvalue weighted by atomic mass is 9.83. The Morgan fingerprint density at radius 1 is 1.17 bits per heavy atom. The predicted octanol–water partition coefficient (Wildman–Crippen LogP) is 2.28. The van der Waals surface area contributed by atoms with E-state index in [1.165, 1.54) is 25.7 Å². The highest BCUT2D eigenvalue weighted by molar-refractivity contribution is 14.0. The summed E-state index contributed by atoms with van der Waals surface area (Å²) in [6, 6.07) is 0. The molecule has 0 atom stereocenters. The van der Waals surface area contributed by atoms with Crippen molar-refractivity contribution in [3.05, 3.63) is 0 Å². The van der Waals surface area contributed by atoms with Crippen LogP contribution in [0, 0.1) is 5.41 Å². The third-order valence-electron chi connectivity index (χ3n) is 4.49. The van der Waals surface area contributed by atoms with Crippen molar-refractivity contribution >= 4 is 35.8 Å². The summed E-state index contributed by atoms with van der Waals surface area (Å²) < 4.78 is 5.54. The van der Waals surface area contributed by atoms with Crippen molar-refractivity contribution in [3.63, 3.8) is 0 Å². The molecule has 0 aromatic rings. The van der Waals surface area contributed by atoms with E-state index in [1.807, 2.05) is 13.8 Å². The maximum Gasteiger partial charge on any atom is 0.239 e. The van der Waals surface area contributed by atoms with Crippen molar-refractivity contribution in [1.29, 1.82) is 0 Å². The van der Waals surface area contributed by atoms with Crippen LogP contribution in [0.3, 0.4) is 0 Å². The van der Waals surface area contributed by atoms with E-state index in [4.69, 9.17) is 4.74 Å². The fourth-order valence-electron chi connectivity index (χ4n) is 3.06. The molecular formula is C17H35IN4O2. The molecule has 3 N–H and O–H groups in total. The van der Waals surface area contributed by atoms with E-state index in [2.05, 4.69) is 20.9 Å². The van der Waals surface area contributed by atoms with Crippen LogP contribution >= 0.6 is 24.0 Å². The zero-order chi connectivity index (χ0) is 17.0. The summed E-state index contributed by atoms with van der Waals surface area (Å²) in [5.74, 6) is 0.695. The van der Waals surface area contributed by atoms with Gasteiger partial charge < -0.3 is 20.7 Å². The average Bonchev–Trinajstić information content (AvgIpc) is 3.02. The third kappa shape index (κ3) is 9.05. The van der Waals surface area contributed by atoms with E-state index in [9.17, 15) is 4.79 Å². The standard InChI is InChI=1S/C17H34N4O2.HI/c1-4-11-19-15(22)13-20-16(18-3)21-14-17(8-6-7-9-17)10-12-23-5-2;/h4-14H2,1-3H3,(H,19,22)(H2,18,20,21);1H. The van der Waals surface area contributed by atoms with E-state index in [-0.39, 0.29) is 36.4 Å². The molecule has 1 rings (SSSR count). The number of guanidine groups is 1. The molecule has 0 spiro atoms. The highest BCUT2D eigenvalue weighted by atomic mass is 127. The zero-order valence-corrected chi connectivity index (χ0v) is 17.8. The van der Waals surface area contributed by atoms with Crippen LogP contribution in [0.15, 0.2) is 4.99 Å². The van der Waals surface area contributed by atoms with Crippen LogP contribution in [0.2, 0.25) is 0 Å². The number of carbonyl (C=O) groups excluding carboxylic acids is 1. The molecule has 0 heterocycles. The molecule has 0 aromatic heterocycles. The van der Waals surface area contributed by atoms with Gasteiger partial charge in [-0.15, -0.1) is 24.0 Å². The number of amides is 1. The van der Waals surface area contributed by atoms with Gasteiger partial charge in [0.15, 0.2) is 5.96 Å². The molecule has 0 bridgehead atoms. The van der Waals surface area contributed by atoms with Gasteiger partial charge in [-0.2, -0.15) is 0 Å². The summed E-state index contributed by atoms with van der Waals surface area (Å²) in [5, 5.41) is 9.33. The Bertz CT molecular complexity index is 372. The SMILES string of the molecule is CCCNC(=O)CNC(=NC)NCC1(CCOCC)CCCC1.I. The molecule has 0 aliphatic heterocycles. The van der Waals surface area contributed by atoms with Crippen molar-refractivity contribution in [2.75, 3.05) is 39.9 Å². The molecule has 24 heavy (non-hydrogen) atoms. The molecule has 6 nitrogen and oxygen atoms in total. The van der Waals surface area contributed by atoms with Crippen LogP contribution in [-0.4, -0.2) is 51.8 Å². The van der Waals surface area contributed by atoms with Crippen molar-refractivity contribution in [3.8, 4) is 0 Å². The molecule has 0 radical (unpaired) electrons. The number of nitrogens with zero attached hydrogens (tertiary/aromatic N) is 1. The van der Waals surface area contributed by atoms with Crippen molar-refractivity contribution in [1.82, 2.24) is 16.0 Å². The number of hydrogen-bond acceptors (Lipinski definition) is 3. The van der Waals surface area contributed by atoms with Gasteiger partial charge in [-0.25, -0.2) is 0 Å². The number of halogens is 1. The Balaban J connectivity index is 0.00000529. The molecule has 0 saturated heterocycles. The first-order valence-corrected chi connectivity index (χ1v) is 8.94. The molecule has 0 unspecified atom stereocenters. The van der Waals surface area contributed by atoms with Gasteiger partial charge in [-0.1, -0.05) is 19.8 Å². The van der Waals surface area contributed by atoms with Gasteiger partial charge in [0.05, 0.1) is 6.54 Å². The normalized spacial score (nSPS) is 16.4. The second-order valence-corrected chi connectivity index (χ2v) is 6.28. The average molecular weight is 454 g/mol. The molecule has 142 valence electrons. The van der Waals surface area contributed by atoms with Gasteiger partial charge in [-0.05, 0) is 38.0 Å². The van der Waals surface area contributed by atoms with E-state index >= 15 is 0 Å². The van der Waals surface area contributed by atoms with Crippen molar-refractivity contribution in [2.24, 2.45) is 10.4 Å². The quantitative estimate of drug-likeness (QED) is 0.205. The maximum absolute atomic E-state index is 11.6. The highest BCUT2D eigenvalue weighted by Gasteiger charge is 2.33. The van der Waals surface area contributed by atoms with Crippen LogP contribution in [0.4, 0.5) is 0 Å². The van der Waals surface area contributed by atoms with Gasteiger partial charge in [-0.3, -0.25) is 9.79 Å².